The van der Waals surface area contributed by atoms with Gasteiger partial charge in [0.15, 0.2) is 0 Å². The van der Waals surface area contributed by atoms with E-state index in [1.165, 1.54) is 6.07 Å². The van der Waals surface area contributed by atoms with Gasteiger partial charge in [-0.3, -0.25) is 4.79 Å². The molecule has 0 radical (unpaired) electrons. The van der Waals surface area contributed by atoms with Crippen LogP contribution in [0.15, 0.2) is 12.3 Å². The maximum absolute atomic E-state index is 12.4. The molecule has 1 aromatic heterocycles. The van der Waals surface area contributed by atoms with Crippen LogP contribution < -0.4 is 5.32 Å². The summed E-state index contributed by atoms with van der Waals surface area (Å²) in [5.41, 5.74) is -1.73. The zero-order valence-corrected chi connectivity index (χ0v) is 13.9. The number of halogens is 1. The van der Waals surface area contributed by atoms with E-state index in [-0.39, 0.29) is 12.5 Å². The van der Waals surface area contributed by atoms with Gasteiger partial charge in [0.25, 0.3) is 5.91 Å². The minimum absolute atomic E-state index is 0.203. The summed E-state index contributed by atoms with van der Waals surface area (Å²) in [5.74, 6) is -1.51. The van der Waals surface area contributed by atoms with Crippen molar-refractivity contribution in [2.45, 2.75) is 38.8 Å². The summed E-state index contributed by atoms with van der Waals surface area (Å²) in [4.78, 5) is 24.3. The van der Waals surface area contributed by atoms with Crippen LogP contribution in [-0.4, -0.2) is 39.8 Å². The molecule has 2 atom stereocenters. The highest BCUT2D eigenvalue weighted by Gasteiger charge is 2.66. The van der Waals surface area contributed by atoms with Gasteiger partial charge in [-0.25, -0.2) is 4.79 Å². The quantitative estimate of drug-likeness (QED) is 0.867. The molecule has 7 heteroatoms. The summed E-state index contributed by atoms with van der Waals surface area (Å²) in [7, 11) is 1.68. The molecule has 2 N–H and O–H groups in total. The molecule has 1 saturated carbocycles. The van der Waals surface area contributed by atoms with Crippen molar-refractivity contribution >= 4 is 23.5 Å². The van der Waals surface area contributed by atoms with Gasteiger partial charge in [0, 0.05) is 31.7 Å². The first-order valence-electron chi connectivity index (χ1n) is 7.15. The molecule has 0 spiro atoms. The molecule has 0 saturated heterocycles. The Hall–Kier alpha value is -1.53. The standard InChI is InChI=1S/C15H21ClN2O4/c1-5-22-11-7-15(13(20)21,14(11,2)3)17-12(19)10-6-9(16)8-18(10)4/h6,8,11H,5,7H2,1-4H3,(H,17,19)(H,20,21)/t11-,15-/m1/s1. The number of hydrogen-bond acceptors (Lipinski definition) is 3. The van der Waals surface area contributed by atoms with E-state index in [2.05, 4.69) is 5.32 Å². The lowest BCUT2D eigenvalue weighted by Gasteiger charge is -2.58. The van der Waals surface area contributed by atoms with Crippen LogP contribution in [0.25, 0.3) is 0 Å². The monoisotopic (exact) mass is 328 g/mol. The lowest BCUT2D eigenvalue weighted by molar-refractivity contribution is -0.190. The van der Waals surface area contributed by atoms with Crippen LogP contribution in [0, 0.1) is 5.41 Å². The van der Waals surface area contributed by atoms with E-state index in [0.29, 0.717) is 17.3 Å². The molecular formula is C15H21ClN2O4. The summed E-state index contributed by atoms with van der Waals surface area (Å²) in [6.45, 7) is 5.96. The number of ether oxygens (including phenoxy) is 1. The zero-order chi connectivity index (χ0) is 16.7. The van der Waals surface area contributed by atoms with E-state index in [9.17, 15) is 14.7 Å². The molecule has 1 aliphatic rings. The number of carbonyl (C=O) groups excluding carboxylic acids is 1. The molecule has 1 aliphatic carbocycles. The summed E-state index contributed by atoms with van der Waals surface area (Å²) in [6, 6.07) is 1.51. The molecule has 1 heterocycles. The molecule has 0 unspecified atom stereocenters. The largest absolute Gasteiger partial charge is 0.479 e. The van der Waals surface area contributed by atoms with Gasteiger partial charge in [0.05, 0.1) is 11.1 Å². The number of amides is 1. The predicted molar refractivity (Wildman–Crippen MR) is 82.1 cm³/mol. The Kier molecular flexibility index (Phi) is 4.28. The third-order valence-corrected chi connectivity index (χ3v) is 4.87. The highest BCUT2D eigenvalue weighted by atomic mass is 35.5. The number of carboxylic acids is 1. The normalized spacial score (nSPS) is 26.3. The average Bonchev–Trinajstić information content (AvgIpc) is 2.75. The van der Waals surface area contributed by atoms with Gasteiger partial charge in [-0.2, -0.15) is 0 Å². The Morgan fingerprint density at radius 1 is 1.55 bits per heavy atom. The topological polar surface area (TPSA) is 80.6 Å². The number of carbonyl (C=O) groups is 2. The lowest BCUT2D eigenvalue weighted by Crippen LogP contribution is -2.76. The number of aliphatic carboxylic acids is 1. The van der Waals surface area contributed by atoms with E-state index < -0.39 is 22.8 Å². The Labute approximate surface area is 134 Å². The maximum Gasteiger partial charge on any atom is 0.330 e. The van der Waals surface area contributed by atoms with Gasteiger partial charge >= 0.3 is 5.97 Å². The van der Waals surface area contributed by atoms with Crippen molar-refractivity contribution in [3.63, 3.8) is 0 Å². The van der Waals surface area contributed by atoms with E-state index in [4.69, 9.17) is 16.3 Å². The molecule has 6 nitrogen and oxygen atoms in total. The average molecular weight is 329 g/mol. The van der Waals surface area contributed by atoms with E-state index in [1.807, 2.05) is 6.92 Å². The third kappa shape index (κ3) is 2.40. The van der Waals surface area contributed by atoms with Crippen molar-refractivity contribution < 1.29 is 19.4 Å². The Bertz CT molecular complexity index is 611. The van der Waals surface area contributed by atoms with Gasteiger partial charge in [0.1, 0.15) is 11.2 Å². The first-order chi connectivity index (χ1) is 10.2. The summed E-state index contributed by atoms with van der Waals surface area (Å²) >= 11 is 5.87. The van der Waals surface area contributed by atoms with E-state index in [1.54, 1.807) is 31.7 Å². The zero-order valence-electron chi connectivity index (χ0n) is 13.1. The van der Waals surface area contributed by atoms with Crippen LogP contribution in [0.4, 0.5) is 0 Å². The lowest BCUT2D eigenvalue weighted by atomic mass is 9.54. The van der Waals surface area contributed by atoms with Crippen molar-refractivity contribution in [2.24, 2.45) is 12.5 Å². The molecule has 1 fully saturated rings. The summed E-state index contributed by atoms with van der Waals surface area (Å²) in [6.07, 6.45) is 1.64. The number of nitrogens with one attached hydrogen (secondary N) is 1. The van der Waals surface area contributed by atoms with Gasteiger partial charge in [0.2, 0.25) is 0 Å². The van der Waals surface area contributed by atoms with Crippen LogP contribution in [0.1, 0.15) is 37.7 Å². The SMILES string of the molecule is CCO[C@@H]1C[C@@](NC(=O)c2cc(Cl)cn2C)(C(=O)O)C1(C)C. The van der Waals surface area contributed by atoms with E-state index >= 15 is 0 Å². The Morgan fingerprint density at radius 2 is 2.18 bits per heavy atom. The third-order valence-electron chi connectivity index (χ3n) is 4.66. The minimum atomic E-state index is -1.35. The number of nitrogens with zero attached hydrogens (tertiary/aromatic N) is 1. The molecule has 2 rings (SSSR count). The highest BCUT2D eigenvalue weighted by Crippen LogP contribution is 2.51. The second kappa shape index (κ2) is 5.59. The molecule has 0 aromatic carbocycles. The van der Waals surface area contributed by atoms with Crippen molar-refractivity contribution in [2.75, 3.05) is 6.61 Å². The van der Waals surface area contributed by atoms with Gasteiger partial charge in [-0.15, -0.1) is 0 Å². The van der Waals surface area contributed by atoms with Gasteiger partial charge < -0.3 is 19.7 Å². The fourth-order valence-corrected chi connectivity index (χ4v) is 3.29. The highest BCUT2D eigenvalue weighted by molar-refractivity contribution is 6.31. The summed E-state index contributed by atoms with van der Waals surface area (Å²) in [5, 5.41) is 12.8. The minimum Gasteiger partial charge on any atom is -0.479 e. The number of hydrogen-bond donors (Lipinski definition) is 2. The van der Waals surface area contributed by atoms with Crippen molar-refractivity contribution in [3.8, 4) is 0 Å². The second-order valence-corrected chi connectivity index (χ2v) is 6.63. The number of aryl methyl sites for hydroxylation is 1. The Morgan fingerprint density at radius 3 is 2.59 bits per heavy atom. The number of aromatic nitrogens is 1. The van der Waals surface area contributed by atoms with Crippen molar-refractivity contribution in [3.05, 3.63) is 23.0 Å². The summed E-state index contributed by atoms with van der Waals surface area (Å²) < 4.78 is 7.14. The van der Waals surface area contributed by atoms with Gasteiger partial charge in [-0.05, 0) is 13.0 Å². The first kappa shape index (κ1) is 16.8. The first-order valence-corrected chi connectivity index (χ1v) is 7.53. The molecule has 1 amide bonds. The number of carboxylic acid groups (broad SMARTS) is 1. The van der Waals surface area contributed by atoms with Gasteiger partial charge in [-0.1, -0.05) is 25.4 Å². The molecule has 122 valence electrons. The van der Waals surface area contributed by atoms with Crippen LogP contribution in [0.5, 0.6) is 0 Å². The van der Waals surface area contributed by atoms with Crippen molar-refractivity contribution in [1.82, 2.24) is 9.88 Å². The Balaban J connectivity index is 2.26. The molecular weight excluding hydrogens is 308 g/mol. The molecule has 22 heavy (non-hydrogen) atoms. The van der Waals surface area contributed by atoms with Crippen LogP contribution in [0.2, 0.25) is 5.02 Å². The second-order valence-electron chi connectivity index (χ2n) is 6.19. The fraction of sp³-hybridized carbons (Fsp3) is 0.600. The number of rotatable bonds is 5. The fourth-order valence-electron chi connectivity index (χ4n) is 3.04. The van der Waals surface area contributed by atoms with Crippen LogP contribution in [-0.2, 0) is 16.6 Å². The molecule has 0 aliphatic heterocycles. The molecule has 0 bridgehead atoms. The van der Waals surface area contributed by atoms with Crippen LogP contribution in [0.3, 0.4) is 0 Å². The van der Waals surface area contributed by atoms with E-state index in [0.717, 1.165) is 0 Å². The van der Waals surface area contributed by atoms with Crippen LogP contribution >= 0.6 is 11.6 Å². The predicted octanol–water partition coefficient (Wildman–Crippen LogP) is 2.07. The van der Waals surface area contributed by atoms with Crippen molar-refractivity contribution in [1.29, 1.82) is 0 Å². The smallest absolute Gasteiger partial charge is 0.330 e. The molecule has 1 aromatic rings. The maximum atomic E-state index is 12.4.